The molecule has 0 aliphatic carbocycles. The first-order chi connectivity index (χ1) is 17.4. The molecule has 2 aliphatic rings. The van der Waals surface area contributed by atoms with Crippen LogP contribution in [0.5, 0.6) is 0 Å². The summed E-state index contributed by atoms with van der Waals surface area (Å²) in [6, 6.07) is 17.0. The zero-order valence-corrected chi connectivity index (χ0v) is 21.8. The van der Waals surface area contributed by atoms with Gasteiger partial charge in [-0.3, -0.25) is 9.59 Å². The Hall–Kier alpha value is -3.46. The zero-order chi connectivity index (χ0) is 25.1. The minimum Gasteiger partial charge on any atom is -0.341 e. The quantitative estimate of drug-likeness (QED) is 0.435. The van der Waals surface area contributed by atoms with Crippen molar-refractivity contribution in [3.05, 3.63) is 64.8 Å². The van der Waals surface area contributed by atoms with Crippen molar-refractivity contribution in [1.82, 2.24) is 9.97 Å². The van der Waals surface area contributed by atoms with Crippen molar-refractivity contribution >= 4 is 56.6 Å². The largest absolute Gasteiger partial charge is 0.341 e. The number of halogens is 1. The fraction of sp³-hybridized carbons (Fsp3) is 0.333. The van der Waals surface area contributed by atoms with Crippen molar-refractivity contribution in [1.29, 1.82) is 0 Å². The Morgan fingerprint density at radius 1 is 1.00 bits per heavy atom. The van der Waals surface area contributed by atoms with Gasteiger partial charge in [0.05, 0.1) is 5.92 Å². The van der Waals surface area contributed by atoms with E-state index in [9.17, 15) is 9.59 Å². The third kappa shape index (κ3) is 5.67. The first-order valence-electron chi connectivity index (χ1n) is 12.3. The molecule has 1 atom stereocenters. The Kier molecular flexibility index (Phi) is 7.18. The summed E-state index contributed by atoms with van der Waals surface area (Å²) in [6.45, 7) is 4.33. The number of rotatable bonds is 6. The molecule has 1 aromatic heterocycles. The maximum absolute atomic E-state index is 12.9. The number of aryl methyl sites for hydroxylation is 1. The molecule has 9 heteroatoms. The van der Waals surface area contributed by atoms with Gasteiger partial charge in [0, 0.05) is 59.4 Å². The number of anilines is 5. The molecule has 3 aromatic rings. The highest BCUT2D eigenvalue weighted by molar-refractivity contribution is 9.10. The zero-order valence-electron chi connectivity index (χ0n) is 20.2. The number of carbonyl (C=O) groups excluding carboxylic acids is 2. The number of nitrogens with zero attached hydrogens (tertiary/aromatic N) is 4. The van der Waals surface area contributed by atoms with Gasteiger partial charge in [0.1, 0.15) is 5.82 Å². The number of nitrogens with one attached hydrogen (secondary N) is 2. The minimum absolute atomic E-state index is 0.0446. The summed E-state index contributed by atoms with van der Waals surface area (Å²) in [5.74, 6) is 0.920. The first kappa shape index (κ1) is 24.2. The van der Waals surface area contributed by atoms with E-state index in [0.717, 1.165) is 46.4 Å². The van der Waals surface area contributed by atoms with Gasteiger partial charge in [-0.25, -0.2) is 4.98 Å². The Labute approximate surface area is 219 Å². The van der Waals surface area contributed by atoms with Gasteiger partial charge in [-0.15, -0.1) is 0 Å². The predicted octanol–water partition coefficient (Wildman–Crippen LogP) is 5.27. The van der Waals surface area contributed by atoms with Crippen LogP contribution >= 0.6 is 15.9 Å². The van der Waals surface area contributed by atoms with Crippen LogP contribution in [-0.2, 0) is 9.59 Å². The van der Waals surface area contributed by atoms with Crippen LogP contribution < -0.4 is 20.4 Å². The third-order valence-electron chi connectivity index (χ3n) is 6.52. The van der Waals surface area contributed by atoms with Crippen molar-refractivity contribution in [3.8, 4) is 0 Å². The van der Waals surface area contributed by atoms with Gasteiger partial charge in [0.2, 0.25) is 17.8 Å². The molecule has 0 saturated carbocycles. The van der Waals surface area contributed by atoms with E-state index in [4.69, 9.17) is 4.98 Å². The van der Waals surface area contributed by atoms with E-state index in [2.05, 4.69) is 36.4 Å². The van der Waals surface area contributed by atoms with Crippen molar-refractivity contribution in [2.75, 3.05) is 40.1 Å². The summed E-state index contributed by atoms with van der Waals surface area (Å²) in [5, 5.41) is 6.30. The van der Waals surface area contributed by atoms with Crippen molar-refractivity contribution < 1.29 is 9.59 Å². The van der Waals surface area contributed by atoms with Crippen LogP contribution in [0, 0.1) is 12.8 Å². The van der Waals surface area contributed by atoms with Gasteiger partial charge in [0.25, 0.3) is 0 Å². The molecular formula is C27H29BrN6O2. The summed E-state index contributed by atoms with van der Waals surface area (Å²) >= 11 is 3.44. The fourth-order valence-electron chi connectivity index (χ4n) is 4.66. The molecule has 2 N–H and O–H groups in total. The van der Waals surface area contributed by atoms with E-state index in [1.54, 1.807) is 4.90 Å². The summed E-state index contributed by atoms with van der Waals surface area (Å²) in [6.07, 6.45) is 3.80. The van der Waals surface area contributed by atoms with Crippen LogP contribution in [0.4, 0.5) is 28.8 Å². The lowest BCUT2D eigenvalue weighted by atomic mass is 10.1. The lowest BCUT2D eigenvalue weighted by Crippen LogP contribution is -2.31. The minimum atomic E-state index is -0.397. The highest BCUT2D eigenvalue weighted by Crippen LogP contribution is 2.28. The second-order valence-corrected chi connectivity index (χ2v) is 10.2. The molecule has 2 aliphatic heterocycles. The summed E-state index contributed by atoms with van der Waals surface area (Å²) < 4.78 is 0.897. The van der Waals surface area contributed by atoms with Crippen molar-refractivity contribution in [2.45, 2.75) is 32.6 Å². The van der Waals surface area contributed by atoms with E-state index >= 15 is 0 Å². The van der Waals surface area contributed by atoms with E-state index in [0.29, 0.717) is 12.2 Å². The van der Waals surface area contributed by atoms with Crippen LogP contribution in [0.2, 0.25) is 0 Å². The van der Waals surface area contributed by atoms with Gasteiger partial charge >= 0.3 is 0 Å². The van der Waals surface area contributed by atoms with Crippen molar-refractivity contribution in [3.63, 3.8) is 0 Å². The second kappa shape index (κ2) is 10.7. The Bertz CT molecular complexity index is 1260. The average molecular weight is 549 g/mol. The summed E-state index contributed by atoms with van der Waals surface area (Å²) in [7, 11) is 0. The Morgan fingerprint density at radius 2 is 1.75 bits per heavy atom. The van der Waals surface area contributed by atoms with Gasteiger partial charge in [-0.2, -0.15) is 4.98 Å². The summed E-state index contributed by atoms with van der Waals surface area (Å²) in [5.41, 5.74) is 3.27. The predicted molar refractivity (Wildman–Crippen MR) is 146 cm³/mol. The molecule has 0 radical (unpaired) electrons. The summed E-state index contributed by atoms with van der Waals surface area (Å²) in [4.78, 5) is 38.6. The maximum atomic E-state index is 12.9. The number of hydrogen-bond acceptors (Lipinski definition) is 6. The average Bonchev–Trinajstić information content (AvgIpc) is 3.27. The number of aromatic nitrogens is 2. The number of carbonyl (C=O) groups is 2. The maximum Gasteiger partial charge on any atom is 0.229 e. The highest BCUT2D eigenvalue weighted by Gasteiger charge is 2.35. The highest BCUT2D eigenvalue weighted by atomic mass is 79.9. The standard InChI is InChI=1S/C27H29BrN6O2/c1-18-14-24(32-27(29-18)33-12-3-2-4-13-33)30-21-8-10-22(11-9-21)31-26(36)19-15-25(35)34(17-19)23-7-5-6-20(28)16-23/h5-11,14,16,19H,2-4,12-13,15,17H2,1H3,(H,31,36)(H,29,30,32). The molecule has 2 aromatic carbocycles. The van der Waals surface area contributed by atoms with Crippen LogP contribution in [0.15, 0.2) is 59.1 Å². The van der Waals surface area contributed by atoms with E-state index in [1.165, 1.54) is 19.3 Å². The molecule has 36 heavy (non-hydrogen) atoms. The number of benzene rings is 2. The Balaban J connectivity index is 1.20. The fourth-order valence-corrected chi connectivity index (χ4v) is 5.05. The lowest BCUT2D eigenvalue weighted by molar-refractivity contribution is -0.122. The number of hydrogen-bond donors (Lipinski definition) is 2. The van der Waals surface area contributed by atoms with Gasteiger partial charge < -0.3 is 20.4 Å². The molecule has 5 rings (SSSR count). The van der Waals surface area contributed by atoms with Crippen LogP contribution in [0.3, 0.4) is 0 Å². The first-order valence-corrected chi connectivity index (χ1v) is 13.1. The normalized spacial score (nSPS) is 17.8. The monoisotopic (exact) mass is 548 g/mol. The van der Waals surface area contributed by atoms with Gasteiger partial charge in [-0.1, -0.05) is 22.0 Å². The second-order valence-electron chi connectivity index (χ2n) is 9.32. The molecule has 186 valence electrons. The van der Waals surface area contributed by atoms with Gasteiger partial charge in [0.15, 0.2) is 0 Å². The lowest BCUT2D eigenvalue weighted by Gasteiger charge is -2.27. The molecule has 0 bridgehead atoms. The number of piperidine rings is 1. The molecule has 1 unspecified atom stereocenters. The molecule has 2 fully saturated rings. The SMILES string of the molecule is Cc1cc(Nc2ccc(NC(=O)C3CC(=O)N(c4cccc(Br)c4)C3)cc2)nc(N2CCCCC2)n1. The van der Waals surface area contributed by atoms with E-state index in [1.807, 2.05) is 61.5 Å². The topological polar surface area (TPSA) is 90.5 Å². The molecular weight excluding hydrogens is 520 g/mol. The van der Waals surface area contributed by atoms with Gasteiger partial charge in [-0.05, 0) is 68.7 Å². The molecule has 3 heterocycles. The smallest absolute Gasteiger partial charge is 0.229 e. The van der Waals surface area contributed by atoms with Crippen molar-refractivity contribution in [2.24, 2.45) is 5.92 Å². The number of amides is 2. The van der Waals surface area contributed by atoms with Crippen LogP contribution in [0.1, 0.15) is 31.4 Å². The molecule has 2 saturated heterocycles. The van der Waals surface area contributed by atoms with Crippen LogP contribution in [-0.4, -0.2) is 41.4 Å². The molecule has 0 spiro atoms. The van der Waals surface area contributed by atoms with E-state index < -0.39 is 5.92 Å². The molecule has 2 amide bonds. The molecule has 8 nitrogen and oxygen atoms in total. The third-order valence-corrected chi connectivity index (χ3v) is 7.02. The van der Waals surface area contributed by atoms with Crippen LogP contribution in [0.25, 0.3) is 0 Å². The van der Waals surface area contributed by atoms with E-state index in [-0.39, 0.29) is 18.2 Å². The Morgan fingerprint density at radius 3 is 2.50 bits per heavy atom.